The van der Waals surface area contributed by atoms with Crippen LogP contribution in [-0.4, -0.2) is 33.6 Å². The molecule has 20 heavy (non-hydrogen) atoms. The summed E-state index contributed by atoms with van der Waals surface area (Å²) in [4.78, 5) is 0. The second-order valence-corrected chi connectivity index (χ2v) is 9.32. The van der Waals surface area contributed by atoms with Crippen LogP contribution in [0.2, 0.25) is 0 Å². The van der Waals surface area contributed by atoms with Gasteiger partial charge in [0.1, 0.15) is 9.84 Å². The zero-order valence-corrected chi connectivity index (χ0v) is 13.1. The summed E-state index contributed by atoms with van der Waals surface area (Å²) in [7, 11) is -6.67. The minimum atomic E-state index is -3.59. The van der Waals surface area contributed by atoms with E-state index in [9.17, 15) is 16.8 Å². The maximum Gasteiger partial charge on any atom is 0.235 e. The van der Waals surface area contributed by atoms with Crippen molar-refractivity contribution >= 4 is 37.1 Å². The summed E-state index contributed by atoms with van der Waals surface area (Å²) < 4.78 is 49.8. The van der Waals surface area contributed by atoms with Crippen molar-refractivity contribution in [1.29, 1.82) is 0 Å². The van der Waals surface area contributed by atoms with Gasteiger partial charge in [-0.15, -0.1) is 11.6 Å². The molecule has 0 unspecified atom stereocenters. The number of sulfonamides is 1. The standard InChI is InChI=1S/C12H16ClNO4S2/c13-9-10-3-1-2-4-12(10)14-20(17,18)11-5-7-19(15,16)8-6-11/h1-4,11,14H,5-9H2. The zero-order chi connectivity index (χ0) is 14.8. The molecule has 0 atom stereocenters. The van der Waals surface area contributed by atoms with Crippen LogP contribution in [0.15, 0.2) is 24.3 Å². The first-order valence-electron chi connectivity index (χ1n) is 6.20. The van der Waals surface area contributed by atoms with E-state index in [1.54, 1.807) is 24.3 Å². The highest BCUT2D eigenvalue weighted by Gasteiger charge is 2.33. The molecule has 0 radical (unpaired) electrons. The van der Waals surface area contributed by atoms with Gasteiger partial charge >= 0.3 is 0 Å². The smallest absolute Gasteiger partial charge is 0.235 e. The van der Waals surface area contributed by atoms with Crippen molar-refractivity contribution in [3.05, 3.63) is 29.8 Å². The minimum Gasteiger partial charge on any atom is -0.283 e. The topological polar surface area (TPSA) is 80.3 Å². The van der Waals surface area contributed by atoms with Crippen molar-refractivity contribution < 1.29 is 16.8 Å². The van der Waals surface area contributed by atoms with Gasteiger partial charge in [-0.1, -0.05) is 18.2 Å². The Labute approximate surface area is 124 Å². The molecule has 1 N–H and O–H groups in total. The van der Waals surface area contributed by atoms with Crippen LogP contribution in [0.1, 0.15) is 18.4 Å². The molecule has 1 aliphatic heterocycles. The number of para-hydroxylation sites is 1. The normalized spacial score (nSPS) is 19.6. The van der Waals surface area contributed by atoms with E-state index in [0.717, 1.165) is 0 Å². The Kier molecular flexibility index (Phi) is 4.61. The van der Waals surface area contributed by atoms with Gasteiger partial charge < -0.3 is 0 Å². The molecule has 2 rings (SSSR count). The Morgan fingerprint density at radius 2 is 1.80 bits per heavy atom. The van der Waals surface area contributed by atoms with E-state index in [-0.39, 0.29) is 30.2 Å². The van der Waals surface area contributed by atoms with Crippen LogP contribution in [0, 0.1) is 0 Å². The van der Waals surface area contributed by atoms with Gasteiger partial charge in [-0.3, -0.25) is 4.72 Å². The molecule has 0 aromatic heterocycles. The zero-order valence-electron chi connectivity index (χ0n) is 10.7. The highest BCUT2D eigenvalue weighted by molar-refractivity contribution is 7.94. The molecule has 8 heteroatoms. The van der Waals surface area contributed by atoms with Gasteiger partial charge in [0.25, 0.3) is 0 Å². The highest BCUT2D eigenvalue weighted by Crippen LogP contribution is 2.24. The summed E-state index contributed by atoms with van der Waals surface area (Å²) >= 11 is 5.77. The molecule has 112 valence electrons. The molecule has 0 bridgehead atoms. The summed E-state index contributed by atoms with van der Waals surface area (Å²) in [6.45, 7) is 0. The second kappa shape index (κ2) is 5.91. The monoisotopic (exact) mass is 337 g/mol. The van der Waals surface area contributed by atoms with Crippen LogP contribution in [0.25, 0.3) is 0 Å². The van der Waals surface area contributed by atoms with E-state index in [1.165, 1.54) is 0 Å². The third-order valence-electron chi connectivity index (χ3n) is 3.35. The van der Waals surface area contributed by atoms with Gasteiger partial charge in [-0.25, -0.2) is 16.8 Å². The Morgan fingerprint density at radius 3 is 2.40 bits per heavy atom. The van der Waals surface area contributed by atoms with Crippen LogP contribution in [-0.2, 0) is 25.7 Å². The third kappa shape index (κ3) is 3.65. The summed E-state index contributed by atoms with van der Waals surface area (Å²) in [5, 5.41) is -0.672. The lowest BCUT2D eigenvalue weighted by Crippen LogP contribution is -2.36. The lowest BCUT2D eigenvalue weighted by molar-refractivity contribution is 0.555. The van der Waals surface area contributed by atoms with Crippen LogP contribution >= 0.6 is 11.6 Å². The van der Waals surface area contributed by atoms with Crippen molar-refractivity contribution in [3.8, 4) is 0 Å². The fourth-order valence-electron chi connectivity index (χ4n) is 2.15. The Hall–Kier alpha value is -0.790. The number of rotatable bonds is 4. The lowest BCUT2D eigenvalue weighted by atomic mass is 10.2. The first-order valence-corrected chi connectivity index (χ1v) is 10.1. The molecule has 0 spiro atoms. The largest absolute Gasteiger partial charge is 0.283 e. The fraction of sp³-hybridized carbons (Fsp3) is 0.500. The average molecular weight is 338 g/mol. The van der Waals surface area contributed by atoms with Crippen LogP contribution in [0.4, 0.5) is 5.69 Å². The van der Waals surface area contributed by atoms with Crippen LogP contribution in [0.3, 0.4) is 0 Å². The van der Waals surface area contributed by atoms with E-state index in [1.807, 2.05) is 0 Å². The van der Waals surface area contributed by atoms with Crippen molar-refractivity contribution in [2.24, 2.45) is 0 Å². The number of alkyl halides is 1. The molecule has 1 fully saturated rings. The number of sulfone groups is 1. The van der Waals surface area contributed by atoms with E-state index in [0.29, 0.717) is 11.3 Å². The average Bonchev–Trinajstić information content (AvgIpc) is 2.38. The first kappa shape index (κ1) is 15.6. The van der Waals surface area contributed by atoms with E-state index >= 15 is 0 Å². The molecular formula is C12H16ClNO4S2. The molecule has 1 aliphatic rings. The number of benzene rings is 1. The van der Waals surface area contributed by atoms with Gasteiger partial charge in [0.15, 0.2) is 0 Å². The van der Waals surface area contributed by atoms with Crippen molar-refractivity contribution in [3.63, 3.8) is 0 Å². The SMILES string of the molecule is O=S1(=O)CCC(S(=O)(=O)Nc2ccccc2CCl)CC1. The predicted molar refractivity (Wildman–Crippen MR) is 80.2 cm³/mol. The quantitative estimate of drug-likeness (QED) is 0.849. The Morgan fingerprint density at radius 1 is 1.20 bits per heavy atom. The van der Waals surface area contributed by atoms with Gasteiger partial charge in [0.2, 0.25) is 10.0 Å². The number of hydrogen-bond acceptors (Lipinski definition) is 4. The molecule has 5 nitrogen and oxygen atoms in total. The predicted octanol–water partition coefficient (Wildman–Crippen LogP) is 1.74. The minimum absolute atomic E-state index is 0.0737. The summed E-state index contributed by atoms with van der Waals surface area (Å²) in [5.74, 6) is 0.0587. The molecular weight excluding hydrogens is 322 g/mol. The molecule has 1 saturated heterocycles. The molecule has 1 aromatic rings. The molecule has 1 heterocycles. The highest BCUT2D eigenvalue weighted by atomic mass is 35.5. The van der Waals surface area contributed by atoms with Crippen molar-refractivity contribution in [1.82, 2.24) is 0 Å². The third-order valence-corrected chi connectivity index (χ3v) is 7.21. The molecule has 0 amide bonds. The number of anilines is 1. The number of nitrogens with one attached hydrogen (secondary N) is 1. The molecule has 0 aliphatic carbocycles. The Bertz CT molecular complexity index is 671. The second-order valence-electron chi connectivity index (χ2n) is 4.79. The van der Waals surface area contributed by atoms with Crippen molar-refractivity contribution in [2.45, 2.75) is 24.0 Å². The fourth-order valence-corrected chi connectivity index (χ4v) is 5.70. The lowest BCUT2D eigenvalue weighted by Gasteiger charge is -2.23. The van der Waals surface area contributed by atoms with Gasteiger partial charge in [-0.05, 0) is 24.5 Å². The van der Waals surface area contributed by atoms with E-state index in [4.69, 9.17) is 11.6 Å². The Balaban J connectivity index is 2.16. The van der Waals surface area contributed by atoms with Gasteiger partial charge in [0.05, 0.1) is 22.4 Å². The maximum absolute atomic E-state index is 12.3. The van der Waals surface area contributed by atoms with E-state index < -0.39 is 25.1 Å². The summed E-state index contributed by atoms with van der Waals surface area (Å²) in [6, 6.07) is 6.90. The van der Waals surface area contributed by atoms with Gasteiger partial charge in [0, 0.05) is 5.88 Å². The van der Waals surface area contributed by atoms with Gasteiger partial charge in [-0.2, -0.15) is 0 Å². The first-order chi connectivity index (χ1) is 9.34. The van der Waals surface area contributed by atoms with E-state index in [2.05, 4.69) is 4.72 Å². The molecule has 0 saturated carbocycles. The van der Waals surface area contributed by atoms with Crippen molar-refractivity contribution in [2.75, 3.05) is 16.2 Å². The van der Waals surface area contributed by atoms with Crippen LogP contribution < -0.4 is 4.72 Å². The number of halogens is 1. The number of hydrogen-bond donors (Lipinski definition) is 1. The van der Waals surface area contributed by atoms with Crippen LogP contribution in [0.5, 0.6) is 0 Å². The summed E-state index contributed by atoms with van der Waals surface area (Å²) in [6.07, 6.45) is 0.279. The molecule has 1 aromatic carbocycles. The summed E-state index contributed by atoms with van der Waals surface area (Å²) in [5.41, 5.74) is 1.15. The maximum atomic E-state index is 12.3.